The minimum atomic E-state index is 0.131. The molecule has 0 saturated heterocycles. The molecule has 1 N–H and O–H groups in total. The molecule has 0 fully saturated rings. The Morgan fingerprint density at radius 3 is 2.93 bits per heavy atom. The average Bonchev–Trinajstić information content (AvgIpc) is 2.51. The summed E-state index contributed by atoms with van der Waals surface area (Å²) in [6, 6.07) is 0. The topological polar surface area (TPSA) is 41.3 Å². The zero-order chi connectivity index (χ0) is 11.3. The molecule has 0 radical (unpaired) electrons. The number of halogens is 1. The van der Waals surface area contributed by atoms with Gasteiger partial charge in [0.1, 0.15) is 11.0 Å². The number of aliphatic hydroxyl groups is 1. The van der Waals surface area contributed by atoms with Crippen molar-refractivity contribution >= 4 is 11.6 Å². The molecule has 0 unspecified atom stereocenters. The Morgan fingerprint density at radius 1 is 1.73 bits per heavy atom. The van der Waals surface area contributed by atoms with Gasteiger partial charge in [0.25, 0.3) is 0 Å². The maximum absolute atomic E-state index is 8.89. The summed E-state index contributed by atoms with van der Waals surface area (Å²) in [5.41, 5.74) is 0. The van der Waals surface area contributed by atoms with Crippen molar-refractivity contribution in [3.63, 3.8) is 0 Å². The van der Waals surface area contributed by atoms with Gasteiger partial charge in [-0.15, -0.1) is 6.58 Å². The molecular weight excluding hydrogens is 214 g/mol. The molecule has 15 heavy (non-hydrogen) atoms. The van der Waals surface area contributed by atoms with Crippen molar-refractivity contribution in [1.29, 1.82) is 0 Å². The minimum absolute atomic E-state index is 0.131. The van der Waals surface area contributed by atoms with Gasteiger partial charge in [0.2, 0.25) is 0 Å². The first-order valence-electron chi connectivity index (χ1n) is 4.79. The Kier molecular flexibility index (Phi) is 4.81. The monoisotopic (exact) mass is 229 g/mol. The Balaban J connectivity index is 2.64. The fraction of sp³-hybridized carbons (Fsp3) is 0.500. The standard InChI is InChI=1S/C10H16ClN3O/c1-3-4-14(5-6-15)8-10-12-7-9(11)13(10)2/h3,7,15H,1,4-6,8H2,2H3. The highest BCUT2D eigenvalue weighted by Crippen LogP contribution is 2.10. The van der Waals surface area contributed by atoms with E-state index in [0.29, 0.717) is 18.2 Å². The summed E-state index contributed by atoms with van der Waals surface area (Å²) in [7, 11) is 1.87. The predicted molar refractivity (Wildman–Crippen MR) is 60.8 cm³/mol. The maximum Gasteiger partial charge on any atom is 0.128 e. The second-order valence-corrected chi connectivity index (χ2v) is 3.69. The Hall–Kier alpha value is -0.840. The molecular formula is C10H16ClN3O. The van der Waals surface area contributed by atoms with E-state index in [4.69, 9.17) is 16.7 Å². The molecule has 0 bridgehead atoms. The van der Waals surface area contributed by atoms with Crippen LogP contribution < -0.4 is 0 Å². The number of hydrogen-bond acceptors (Lipinski definition) is 3. The van der Waals surface area contributed by atoms with Crippen LogP contribution in [0.5, 0.6) is 0 Å². The minimum Gasteiger partial charge on any atom is -0.395 e. The van der Waals surface area contributed by atoms with E-state index in [1.54, 1.807) is 12.3 Å². The summed E-state index contributed by atoms with van der Waals surface area (Å²) in [6.07, 6.45) is 3.43. The number of aromatic nitrogens is 2. The molecule has 0 saturated carbocycles. The molecule has 1 aromatic rings. The van der Waals surface area contributed by atoms with Crippen LogP contribution in [0.1, 0.15) is 5.82 Å². The molecule has 0 aromatic carbocycles. The first-order valence-corrected chi connectivity index (χ1v) is 5.17. The lowest BCUT2D eigenvalue weighted by Crippen LogP contribution is -2.27. The van der Waals surface area contributed by atoms with Crippen LogP contribution in [-0.4, -0.2) is 39.3 Å². The van der Waals surface area contributed by atoms with Crippen molar-refractivity contribution in [2.45, 2.75) is 6.54 Å². The highest BCUT2D eigenvalue weighted by atomic mass is 35.5. The Morgan fingerprint density at radius 2 is 2.47 bits per heavy atom. The largest absolute Gasteiger partial charge is 0.395 e. The summed E-state index contributed by atoms with van der Waals surface area (Å²) >= 11 is 5.88. The average molecular weight is 230 g/mol. The van der Waals surface area contributed by atoms with Crippen LogP contribution in [0.4, 0.5) is 0 Å². The van der Waals surface area contributed by atoms with Crippen LogP contribution in [0.2, 0.25) is 5.15 Å². The molecule has 0 aliphatic heterocycles. The number of imidazole rings is 1. The van der Waals surface area contributed by atoms with E-state index < -0.39 is 0 Å². The smallest absolute Gasteiger partial charge is 0.128 e. The molecule has 0 atom stereocenters. The first kappa shape index (κ1) is 12.2. The van der Waals surface area contributed by atoms with Gasteiger partial charge in [-0.1, -0.05) is 17.7 Å². The van der Waals surface area contributed by atoms with Crippen LogP contribution >= 0.6 is 11.6 Å². The van der Waals surface area contributed by atoms with Gasteiger partial charge in [-0.05, 0) is 0 Å². The number of nitrogens with zero attached hydrogens (tertiary/aromatic N) is 3. The SMILES string of the molecule is C=CCN(CCO)Cc1ncc(Cl)n1C. The van der Waals surface area contributed by atoms with Crippen molar-refractivity contribution < 1.29 is 5.11 Å². The van der Waals surface area contributed by atoms with E-state index in [-0.39, 0.29) is 6.61 Å². The molecule has 1 rings (SSSR count). The molecule has 84 valence electrons. The van der Waals surface area contributed by atoms with Crippen LogP contribution in [0.15, 0.2) is 18.9 Å². The van der Waals surface area contributed by atoms with Gasteiger partial charge in [-0.3, -0.25) is 4.90 Å². The number of rotatable bonds is 6. The van der Waals surface area contributed by atoms with E-state index in [1.807, 2.05) is 16.5 Å². The zero-order valence-corrected chi connectivity index (χ0v) is 9.61. The van der Waals surface area contributed by atoms with Gasteiger partial charge >= 0.3 is 0 Å². The molecule has 5 heteroatoms. The Bertz CT molecular complexity index is 324. The summed E-state index contributed by atoms with van der Waals surface area (Å²) in [4.78, 5) is 6.24. The second kappa shape index (κ2) is 5.90. The van der Waals surface area contributed by atoms with Crippen molar-refractivity contribution in [1.82, 2.24) is 14.5 Å². The lowest BCUT2D eigenvalue weighted by atomic mass is 10.4. The lowest BCUT2D eigenvalue weighted by molar-refractivity contribution is 0.199. The third-order valence-electron chi connectivity index (χ3n) is 2.20. The fourth-order valence-corrected chi connectivity index (χ4v) is 1.48. The summed E-state index contributed by atoms with van der Waals surface area (Å²) < 4.78 is 1.83. The summed E-state index contributed by atoms with van der Waals surface area (Å²) in [6.45, 7) is 5.80. The molecule has 0 aliphatic rings. The predicted octanol–water partition coefficient (Wildman–Crippen LogP) is 1.05. The molecule has 1 aromatic heterocycles. The fourth-order valence-electron chi connectivity index (χ4n) is 1.33. The van der Waals surface area contributed by atoms with Crippen LogP contribution in [0, 0.1) is 0 Å². The number of aliphatic hydroxyl groups excluding tert-OH is 1. The van der Waals surface area contributed by atoms with Crippen molar-refractivity contribution in [2.75, 3.05) is 19.7 Å². The van der Waals surface area contributed by atoms with Crippen molar-refractivity contribution in [2.24, 2.45) is 7.05 Å². The van der Waals surface area contributed by atoms with Gasteiger partial charge in [0.05, 0.1) is 19.3 Å². The summed E-state index contributed by atoms with van der Waals surface area (Å²) in [5.74, 6) is 0.885. The van der Waals surface area contributed by atoms with Gasteiger partial charge < -0.3 is 9.67 Å². The maximum atomic E-state index is 8.89. The normalized spacial score (nSPS) is 10.9. The molecule has 0 aliphatic carbocycles. The van der Waals surface area contributed by atoms with E-state index >= 15 is 0 Å². The quantitative estimate of drug-likeness (QED) is 0.742. The van der Waals surface area contributed by atoms with E-state index in [9.17, 15) is 0 Å². The highest BCUT2D eigenvalue weighted by molar-refractivity contribution is 6.29. The first-order chi connectivity index (χ1) is 7.19. The second-order valence-electron chi connectivity index (χ2n) is 3.30. The Labute approximate surface area is 94.8 Å². The van der Waals surface area contributed by atoms with Crippen LogP contribution in [0.3, 0.4) is 0 Å². The molecule has 1 heterocycles. The van der Waals surface area contributed by atoms with Gasteiger partial charge in [0, 0.05) is 20.1 Å². The highest BCUT2D eigenvalue weighted by Gasteiger charge is 2.09. The van der Waals surface area contributed by atoms with Crippen molar-refractivity contribution in [3.05, 3.63) is 29.8 Å². The van der Waals surface area contributed by atoms with Gasteiger partial charge in [-0.25, -0.2) is 4.98 Å². The van der Waals surface area contributed by atoms with Gasteiger partial charge in [-0.2, -0.15) is 0 Å². The third kappa shape index (κ3) is 3.34. The van der Waals surface area contributed by atoms with E-state index in [0.717, 1.165) is 12.4 Å². The van der Waals surface area contributed by atoms with Crippen LogP contribution in [0.25, 0.3) is 0 Å². The van der Waals surface area contributed by atoms with E-state index in [2.05, 4.69) is 11.6 Å². The van der Waals surface area contributed by atoms with Gasteiger partial charge in [0.15, 0.2) is 0 Å². The zero-order valence-electron chi connectivity index (χ0n) is 8.86. The number of hydrogen-bond donors (Lipinski definition) is 1. The molecule has 0 amide bonds. The molecule has 0 spiro atoms. The molecule has 4 nitrogen and oxygen atoms in total. The lowest BCUT2D eigenvalue weighted by Gasteiger charge is -2.18. The van der Waals surface area contributed by atoms with E-state index in [1.165, 1.54) is 0 Å². The van der Waals surface area contributed by atoms with Crippen LogP contribution in [-0.2, 0) is 13.6 Å². The van der Waals surface area contributed by atoms with Crippen molar-refractivity contribution in [3.8, 4) is 0 Å². The summed E-state index contributed by atoms with van der Waals surface area (Å²) in [5, 5.41) is 9.50. The third-order valence-corrected chi connectivity index (χ3v) is 2.55.